The molecule has 0 radical (unpaired) electrons. The molecule has 0 aromatic carbocycles. The number of fused-ring (bicyclic) bond motifs is 1. The van der Waals surface area contributed by atoms with Crippen molar-refractivity contribution in [3.8, 4) is 0 Å². The van der Waals surface area contributed by atoms with Crippen LogP contribution in [-0.2, 0) is 0 Å². The second-order valence-electron chi connectivity index (χ2n) is 2.78. The van der Waals surface area contributed by atoms with Gasteiger partial charge in [0.05, 0.1) is 0 Å². The Labute approximate surface area is 95.7 Å². The summed E-state index contributed by atoms with van der Waals surface area (Å²) in [5, 5.41) is 2.74. The molecule has 5 nitrogen and oxygen atoms in total. The number of H-pyrrole nitrogens is 1. The van der Waals surface area contributed by atoms with Gasteiger partial charge >= 0.3 is 0 Å². The van der Waals surface area contributed by atoms with Gasteiger partial charge in [-0.1, -0.05) is 13.8 Å². The summed E-state index contributed by atoms with van der Waals surface area (Å²) in [5.41, 5.74) is 1.23. The monoisotopic (exact) mass is 272 g/mol. The number of aryl methyl sites for hydroxylation is 1. The number of halogens is 1. The zero-order valence-electron chi connectivity index (χ0n) is 9.13. The summed E-state index contributed by atoms with van der Waals surface area (Å²) in [5.74, 6) is 0.389. The van der Waals surface area contributed by atoms with E-state index in [0.717, 1.165) is 0 Å². The van der Waals surface area contributed by atoms with Crippen molar-refractivity contribution in [1.82, 2.24) is 19.6 Å². The average Bonchev–Trinajstić information content (AvgIpc) is 2.59. The van der Waals surface area contributed by atoms with Gasteiger partial charge in [-0.05, 0) is 29.8 Å². The molecule has 2 rings (SSSR count). The van der Waals surface area contributed by atoms with Gasteiger partial charge in [-0.15, -0.1) is 0 Å². The molecule has 0 aliphatic carbocycles. The van der Waals surface area contributed by atoms with Gasteiger partial charge in [0, 0.05) is 11.3 Å². The summed E-state index contributed by atoms with van der Waals surface area (Å²) in [6, 6.07) is 0. The van der Waals surface area contributed by atoms with Gasteiger partial charge in [0.25, 0.3) is 11.3 Å². The quantitative estimate of drug-likeness (QED) is 0.796. The minimum absolute atomic E-state index is 0.110. The molecule has 0 unspecified atom stereocenters. The third-order valence-electron chi connectivity index (χ3n) is 1.94. The first-order valence-corrected chi connectivity index (χ1v) is 5.50. The molecule has 1 N–H and O–H groups in total. The van der Waals surface area contributed by atoms with Crippen LogP contribution >= 0.6 is 15.9 Å². The number of rotatable bonds is 0. The Morgan fingerprint density at radius 3 is 2.47 bits per heavy atom. The van der Waals surface area contributed by atoms with Gasteiger partial charge in [-0.3, -0.25) is 9.89 Å². The molecule has 15 heavy (non-hydrogen) atoms. The Morgan fingerprint density at radius 2 is 1.87 bits per heavy atom. The van der Waals surface area contributed by atoms with E-state index in [4.69, 9.17) is 0 Å². The van der Waals surface area contributed by atoms with Gasteiger partial charge in [0.1, 0.15) is 0 Å². The van der Waals surface area contributed by atoms with Crippen molar-refractivity contribution in [2.24, 2.45) is 0 Å². The maximum atomic E-state index is 11.6. The molecule has 0 atom stereocenters. The summed E-state index contributed by atoms with van der Waals surface area (Å²) in [4.78, 5) is 19.7. The number of nitrogens with zero attached hydrogens (tertiary/aromatic N) is 3. The van der Waals surface area contributed by atoms with Crippen LogP contribution in [0, 0.1) is 13.8 Å². The highest BCUT2D eigenvalue weighted by molar-refractivity contribution is 9.10. The Morgan fingerprint density at radius 1 is 1.27 bits per heavy atom. The van der Waals surface area contributed by atoms with Crippen LogP contribution in [0.25, 0.3) is 5.78 Å². The maximum absolute atomic E-state index is 11.6. The molecule has 2 aromatic heterocycles. The van der Waals surface area contributed by atoms with Gasteiger partial charge in [-0.25, -0.2) is 4.98 Å². The highest BCUT2D eigenvalue weighted by Crippen LogP contribution is 2.04. The minimum Gasteiger partial charge on any atom is -0.267 e. The first-order chi connectivity index (χ1) is 7.09. The third-order valence-corrected chi connectivity index (χ3v) is 2.29. The zero-order valence-corrected chi connectivity index (χ0v) is 10.7. The molecule has 0 saturated heterocycles. The second-order valence-corrected chi connectivity index (χ2v) is 3.53. The molecule has 82 valence electrons. The number of hydrogen-bond acceptors (Lipinski definition) is 3. The predicted molar refractivity (Wildman–Crippen MR) is 62.1 cm³/mol. The van der Waals surface area contributed by atoms with E-state index in [2.05, 4.69) is 31.0 Å². The summed E-state index contributed by atoms with van der Waals surface area (Å²) in [6.07, 6.45) is 0. The van der Waals surface area contributed by atoms with Crippen molar-refractivity contribution in [3.63, 3.8) is 0 Å². The Kier molecular flexibility index (Phi) is 3.62. The standard InChI is InChI=1S/C7H7BrN4O.C2H6/c1-3-4(2)9-7-10-6(8)11-12(7)5(3)13;1-2/h1-2H3,(H,9,10,11);1-2H3. The van der Waals surface area contributed by atoms with Crippen LogP contribution in [0.5, 0.6) is 0 Å². The van der Waals surface area contributed by atoms with Gasteiger partial charge in [0.2, 0.25) is 0 Å². The van der Waals surface area contributed by atoms with Gasteiger partial charge in [-0.2, -0.15) is 9.50 Å². The number of aromatic nitrogens is 4. The molecule has 0 bridgehead atoms. The first-order valence-electron chi connectivity index (χ1n) is 4.71. The van der Waals surface area contributed by atoms with E-state index < -0.39 is 0 Å². The fourth-order valence-electron chi connectivity index (χ4n) is 1.08. The summed E-state index contributed by atoms with van der Waals surface area (Å²) < 4.78 is 1.81. The Hall–Kier alpha value is -1.17. The van der Waals surface area contributed by atoms with E-state index in [1.807, 2.05) is 13.8 Å². The fraction of sp³-hybridized carbons (Fsp3) is 0.444. The zero-order chi connectivity index (χ0) is 11.6. The van der Waals surface area contributed by atoms with Crippen LogP contribution in [0.3, 0.4) is 0 Å². The largest absolute Gasteiger partial charge is 0.277 e. The van der Waals surface area contributed by atoms with Crippen molar-refractivity contribution in [2.75, 3.05) is 0 Å². The van der Waals surface area contributed by atoms with E-state index in [-0.39, 0.29) is 5.56 Å². The van der Waals surface area contributed by atoms with E-state index in [0.29, 0.717) is 21.8 Å². The molecule has 0 aliphatic heterocycles. The molecule has 0 saturated carbocycles. The Balaban J connectivity index is 0.000000531. The average molecular weight is 273 g/mol. The highest BCUT2D eigenvalue weighted by Gasteiger charge is 2.07. The van der Waals surface area contributed by atoms with Crippen molar-refractivity contribution in [2.45, 2.75) is 27.7 Å². The predicted octanol–water partition coefficient (Wildman–Crippen LogP) is 1.82. The van der Waals surface area contributed by atoms with Crippen LogP contribution < -0.4 is 5.56 Å². The van der Waals surface area contributed by atoms with Crippen LogP contribution in [0.1, 0.15) is 25.1 Å². The first kappa shape index (κ1) is 11.9. The molecule has 0 amide bonds. The number of hydrogen-bond donors (Lipinski definition) is 1. The lowest BCUT2D eigenvalue weighted by Crippen LogP contribution is -2.19. The summed E-state index contributed by atoms with van der Waals surface area (Å²) >= 11 is 3.14. The molecule has 0 spiro atoms. The number of aromatic amines is 1. The van der Waals surface area contributed by atoms with Crippen LogP contribution in [0.4, 0.5) is 0 Å². The summed E-state index contributed by atoms with van der Waals surface area (Å²) in [6.45, 7) is 7.53. The van der Waals surface area contributed by atoms with Crippen LogP contribution in [0.2, 0.25) is 0 Å². The van der Waals surface area contributed by atoms with Gasteiger partial charge < -0.3 is 0 Å². The topological polar surface area (TPSA) is 63.1 Å². The normalized spacial score (nSPS) is 9.93. The second kappa shape index (κ2) is 4.57. The van der Waals surface area contributed by atoms with E-state index in [1.165, 1.54) is 4.52 Å². The lowest BCUT2D eigenvalue weighted by molar-refractivity contribution is 0.865. The van der Waals surface area contributed by atoms with Crippen molar-refractivity contribution >= 4 is 21.7 Å². The van der Waals surface area contributed by atoms with Gasteiger partial charge in [0.15, 0.2) is 4.73 Å². The fourth-order valence-corrected chi connectivity index (χ4v) is 1.41. The molecule has 6 heteroatoms. The molecule has 2 aromatic rings. The molecular formula is C9H13BrN4O. The Bertz CT molecular complexity index is 529. The van der Waals surface area contributed by atoms with Crippen LogP contribution in [0.15, 0.2) is 9.53 Å². The minimum atomic E-state index is -0.110. The van der Waals surface area contributed by atoms with E-state index in [1.54, 1.807) is 13.8 Å². The number of nitrogens with one attached hydrogen (secondary N) is 1. The van der Waals surface area contributed by atoms with E-state index >= 15 is 0 Å². The third kappa shape index (κ3) is 2.09. The van der Waals surface area contributed by atoms with Crippen molar-refractivity contribution < 1.29 is 0 Å². The van der Waals surface area contributed by atoms with Crippen LogP contribution in [-0.4, -0.2) is 19.6 Å². The molecule has 0 aliphatic rings. The molecular weight excluding hydrogens is 260 g/mol. The SMILES string of the molecule is CC.Cc1nc2nc(Br)[nH]n2c(=O)c1C. The van der Waals surface area contributed by atoms with E-state index in [9.17, 15) is 4.79 Å². The lowest BCUT2D eigenvalue weighted by Gasteiger charge is -1.96. The highest BCUT2D eigenvalue weighted by atomic mass is 79.9. The van der Waals surface area contributed by atoms with Crippen molar-refractivity contribution in [1.29, 1.82) is 0 Å². The molecule has 2 heterocycles. The van der Waals surface area contributed by atoms with Crippen molar-refractivity contribution in [3.05, 3.63) is 26.3 Å². The molecule has 0 fully saturated rings. The maximum Gasteiger partial charge on any atom is 0.277 e. The smallest absolute Gasteiger partial charge is 0.267 e. The summed E-state index contributed by atoms with van der Waals surface area (Å²) in [7, 11) is 0. The lowest BCUT2D eigenvalue weighted by atomic mass is 10.3.